The lowest BCUT2D eigenvalue weighted by Crippen LogP contribution is -2.19. The monoisotopic (exact) mass is 260 g/mol. The van der Waals surface area contributed by atoms with Crippen LogP contribution in [0.2, 0.25) is 0 Å². The molecule has 3 aromatic rings. The molecule has 0 bridgehead atoms. The highest BCUT2D eigenvalue weighted by Gasteiger charge is 2.03. The maximum absolute atomic E-state index is 12.4. The van der Waals surface area contributed by atoms with E-state index in [0.717, 1.165) is 16.3 Å². The summed E-state index contributed by atoms with van der Waals surface area (Å²) in [6.07, 6.45) is 1.81. The van der Waals surface area contributed by atoms with Crippen molar-refractivity contribution in [3.05, 3.63) is 82.3 Å². The second-order valence-electron chi connectivity index (χ2n) is 4.64. The SMILES string of the molecule is N#Cc1ccc(Cn2ccc3ccccc3c2=O)cc1. The van der Waals surface area contributed by atoms with Gasteiger partial charge in [0.05, 0.1) is 18.2 Å². The maximum atomic E-state index is 12.4. The average Bonchev–Trinajstić information content (AvgIpc) is 2.51. The quantitative estimate of drug-likeness (QED) is 0.711. The molecule has 2 aromatic carbocycles. The van der Waals surface area contributed by atoms with Gasteiger partial charge in [0, 0.05) is 11.6 Å². The van der Waals surface area contributed by atoms with E-state index in [9.17, 15) is 4.79 Å². The second-order valence-corrected chi connectivity index (χ2v) is 4.64. The van der Waals surface area contributed by atoms with Gasteiger partial charge in [0.2, 0.25) is 0 Å². The third-order valence-corrected chi connectivity index (χ3v) is 3.32. The van der Waals surface area contributed by atoms with E-state index in [0.29, 0.717) is 12.1 Å². The number of hydrogen-bond acceptors (Lipinski definition) is 2. The molecular formula is C17H12N2O. The number of rotatable bonds is 2. The highest BCUT2D eigenvalue weighted by atomic mass is 16.1. The van der Waals surface area contributed by atoms with E-state index < -0.39 is 0 Å². The van der Waals surface area contributed by atoms with Crippen LogP contribution in [0, 0.1) is 11.3 Å². The fraction of sp³-hybridized carbons (Fsp3) is 0.0588. The molecule has 0 spiro atoms. The molecule has 0 fully saturated rings. The topological polar surface area (TPSA) is 45.8 Å². The van der Waals surface area contributed by atoms with E-state index >= 15 is 0 Å². The average molecular weight is 260 g/mol. The van der Waals surface area contributed by atoms with Crippen molar-refractivity contribution < 1.29 is 0 Å². The Morgan fingerprint density at radius 3 is 2.50 bits per heavy atom. The molecule has 1 heterocycles. The minimum absolute atomic E-state index is 0.00691. The van der Waals surface area contributed by atoms with Gasteiger partial charge in [-0.3, -0.25) is 4.79 Å². The number of hydrogen-bond donors (Lipinski definition) is 0. The van der Waals surface area contributed by atoms with Crippen LogP contribution in [0.25, 0.3) is 10.8 Å². The van der Waals surface area contributed by atoms with Gasteiger partial charge in [-0.2, -0.15) is 5.26 Å². The molecule has 0 aliphatic carbocycles. The summed E-state index contributed by atoms with van der Waals surface area (Å²) in [5.74, 6) is 0. The van der Waals surface area contributed by atoms with Crippen molar-refractivity contribution in [3.8, 4) is 6.07 Å². The summed E-state index contributed by atoms with van der Waals surface area (Å²) in [4.78, 5) is 12.4. The molecule has 0 radical (unpaired) electrons. The van der Waals surface area contributed by atoms with Crippen molar-refractivity contribution in [1.29, 1.82) is 5.26 Å². The Kier molecular flexibility index (Phi) is 3.06. The van der Waals surface area contributed by atoms with E-state index in [2.05, 4.69) is 6.07 Å². The highest BCUT2D eigenvalue weighted by Crippen LogP contribution is 2.10. The lowest BCUT2D eigenvalue weighted by atomic mass is 10.1. The van der Waals surface area contributed by atoms with Crippen LogP contribution in [0.4, 0.5) is 0 Å². The predicted octanol–water partition coefficient (Wildman–Crippen LogP) is 2.92. The number of nitrogens with zero attached hydrogens (tertiary/aromatic N) is 2. The van der Waals surface area contributed by atoms with Crippen molar-refractivity contribution in [2.75, 3.05) is 0 Å². The predicted molar refractivity (Wildman–Crippen MR) is 78.5 cm³/mol. The number of benzene rings is 2. The summed E-state index contributed by atoms with van der Waals surface area (Å²) in [6, 6.07) is 18.9. The van der Waals surface area contributed by atoms with Gasteiger partial charge >= 0.3 is 0 Å². The first-order chi connectivity index (χ1) is 9.78. The van der Waals surface area contributed by atoms with Crippen LogP contribution >= 0.6 is 0 Å². The van der Waals surface area contributed by atoms with Gasteiger partial charge in [-0.1, -0.05) is 30.3 Å². The maximum Gasteiger partial charge on any atom is 0.258 e. The standard InChI is InChI=1S/C17H12N2O/c18-11-13-5-7-14(8-6-13)12-19-10-9-15-3-1-2-4-16(15)17(19)20/h1-10H,12H2. The lowest BCUT2D eigenvalue weighted by Gasteiger charge is -2.07. The van der Waals surface area contributed by atoms with Crippen LogP contribution in [-0.4, -0.2) is 4.57 Å². The Hall–Kier alpha value is -2.86. The first kappa shape index (κ1) is 12.2. The second kappa shape index (κ2) is 5.02. The van der Waals surface area contributed by atoms with Gasteiger partial charge in [0.1, 0.15) is 0 Å². The van der Waals surface area contributed by atoms with Gasteiger partial charge in [0.15, 0.2) is 0 Å². The summed E-state index contributed by atoms with van der Waals surface area (Å²) in [5.41, 5.74) is 1.63. The van der Waals surface area contributed by atoms with E-state index in [-0.39, 0.29) is 5.56 Å². The first-order valence-electron chi connectivity index (χ1n) is 6.35. The molecule has 3 heteroatoms. The fourth-order valence-electron chi connectivity index (χ4n) is 2.24. The van der Waals surface area contributed by atoms with Gasteiger partial charge in [-0.25, -0.2) is 0 Å². The van der Waals surface area contributed by atoms with Crippen molar-refractivity contribution in [3.63, 3.8) is 0 Å². The van der Waals surface area contributed by atoms with Gasteiger partial charge in [-0.05, 0) is 35.2 Å². The highest BCUT2D eigenvalue weighted by molar-refractivity contribution is 5.81. The molecule has 0 aliphatic heterocycles. The first-order valence-corrected chi connectivity index (χ1v) is 6.35. The molecule has 3 nitrogen and oxygen atoms in total. The van der Waals surface area contributed by atoms with Crippen LogP contribution in [-0.2, 0) is 6.54 Å². The molecule has 0 atom stereocenters. The summed E-state index contributed by atoms with van der Waals surface area (Å²) in [7, 11) is 0. The number of nitriles is 1. The lowest BCUT2D eigenvalue weighted by molar-refractivity contribution is 0.768. The van der Waals surface area contributed by atoms with Crippen LogP contribution in [0.15, 0.2) is 65.6 Å². The molecule has 1 aromatic heterocycles. The van der Waals surface area contributed by atoms with Crippen molar-refractivity contribution in [2.45, 2.75) is 6.54 Å². The minimum atomic E-state index is 0.00691. The summed E-state index contributed by atoms with van der Waals surface area (Å²) in [5, 5.41) is 10.5. The molecule has 0 amide bonds. The van der Waals surface area contributed by atoms with E-state index in [4.69, 9.17) is 5.26 Å². The van der Waals surface area contributed by atoms with Crippen molar-refractivity contribution >= 4 is 10.8 Å². The van der Waals surface area contributed by atoms with Gasteiger partial charge in [-0.15, -0.1) is 0 Å². The largest absolute Gasteiger partial charge is 0.311 e. The Morgan fingerprint density at radius 2 is 1.75 bits per heavy atom. The van der Waals surface area contributed by atoms with Gasteiger partial charge in [0.25, 0.3) is 5.56 Å². The molecule has 96 valence electrons. The Balaban J connectivity index is 2.00. The minimum Gasteiger partial charge on any atom is -0.311 e. The fourth-order valence-corrected chi connectivity index (χ4v) is 2.24. The third kappa shape index (κ3) is 2.19. The number of aromatic nitrogens is 1. The Labute approximate surface area is 116 Å². The normalized spacial score (nSPS) is 10.3. The Bertz CT molecular complexity index is 855. The van der Waals surface area contributed by atoms with Crippen LogP contribution in [0.3, 0.4) is 0 Å². The van der Waals surface area contributed by atoms with Crippen molar-refractivity contribution in [1.82, 2.24) is 4.57 Å². The molecule has 0 aliphatic rings. The van der Waals surface area contributed by atoms with Crippen LogP contribution < -0.4 is 5.56 Å². The van der Waals surface area contributed by atoms with E-state index in [1.54, 1.807) is 16.7 Å². The molecule has 3 rings (SSSR count). The van der Waals surface area contributed by atoms with E-state index in [1.807, 2.05) is 48.7 Å². The molecule has 0 saturated heterocycles. The zero-order chi connectivity index (χ0) is 13.9. The molecule has 0 saturated carbocycles. The van der Waals surface area contributed by atoms with E-state index in [1.165, 1.54) is 0 Å². The molecule has 0 unspecified atom stereocenters. The third-order valence-electron chi connectivity index (χ3n) is 3.32. The summed E-state index contributed by atoms with van der Waals surface area (Å²) < 4.78 is 1.68. The molecule has 0 N–H and O–H groups in total. The smallest absolute Gasteiger partial charge is 0.258 e. The summed E-state index contributed by atoms with van der Waals surface area (Å²) in [6.45, 7) is 0.509. The number of pyridine rings is 1. The van der Waals surface area contributed by atoms with Crippen LogP contribution in [0.1, 0.15) is 11.1 Å². The zero-order valence-corrected chi connectivity index (χ0v) is 10.8. The Morgan fingerprint density at radius 1 is 1.00 bits per heavy atom. The summed E-state index contributed by atoms with van der Waals surface area (Å²) >= 11 is 0. The number of fused-ring (bicyclic) bond motifs is 1. The molecular weight excluding hydrogens is 248 g/mol. The molecule has 20 heavy (non-hydrogen) atoms. The zero-order valence-electron chi connectivity index (χ0n) is 10.8. The van der Waals surface area contributed by atoms with Crippen molar-refractivity contribution in [2.24, 2.45) is 0 Å². The van der Waals surface area contributed by atoms with Crippen LogP contribution in [0.5, 0.6) is 0 Å². The van der Waals surface area contributed by atoms with Gasteiger partial charge < -0.3 is 4.57 Å².